The number of hydrogen-bond acceptors (Lipinski definition) is 1. The van der Waals surface area contributed by atoms with Crippen molar-refractivity contribution < 1.29 is 4.79 Å². The van der Waals surface area contributed by atoms with Gasteiger partial charge in [-0.15, -0.1) is 0 Å². The summed E-state index contributed by atoms with van der Waals surface area (Å²) in [7, 11) is 0. The molecule has 1 aliphatic carbocycles. The Morgan fingerprint density at radius 1 is 1.29 bits per heavy atom. The standard InChI is InChI=1S/C14H14ClNO/c15-10-5-6-11-12(8-16-13(11)7-10)14(17)9-3-1-2-4-9/h5-9,16H,1-4H2. The summed E-state index contributed by atoms with van der Waals surface area (Å²) in [5, 5.41) is 1.69. The van der Waals surface area contributed by atoms with Crippen molar-refractivity contribution in [1.29, 1.82) is 0 Å². The van der Waals surface area contributed by atoms with E-state index in [-0.39, 0.29) is 11.7 Å². The predicted octanol–water partition coefficient (Wildman–Crippen LogP) is 4.19. The van der Waals surface area contributed by atoms with Gasteiger partial charge in [0.25, 0.3) is 0 Å². The van der Waals surface area contributed by atoms with E-state index in [9.17, 15) is 4.79 Å². The van der Waals surface area contributed by atoms with Crippen molar-refractivity contribution in [2.45, 2.75) is 25.7 Å². The summed E-state index contributed by atoms with van der Waals surface area (Å²) in [4.78, 5) is 15.5. The molecule has 0 atom stereocenters. The van der Waals surface area contributed by atoms with Crippen molar-refractivity contribution in [2.75, 3.05) is 0 Å². The van der Waals surface area contributed by atoms with Gasteiger partial charge in [0.15, 0.2) is 5.78 Å². The molecule has 1 aromatic heterocycles. The lowest BCUT2D eigenvalue weighted by Gasteiger charge is -2.06. The molecule has 1 heterocycles. The molecule has 88 valence electrons. The van der Waals surface area contributed by atoms with Gasteiger partial charge in [-0.1, -0.05) is 30.5 Å². The number of nitrogens with one attached hydrogen (secondary N) is 1. The molecule has 3 heteroatoms. The fraction of sp³-hybridized carbons (Fsp3) is 0.357. The van der Waals surface area contributed by atoms with Crippen LogP contribution < -0.4 is 0 Å². The van der Waals surface area contributed by atoms with E-state index >= 15 is 0 Å². The van der Waals surface area contributed by atoms with Gasteiger partial charge in [-0.05, 0) is 25.0 Å². The molecule has 3 rings (SSSR count). The van der Waals surface area contributed by atoms with E-state index in [1.54, 1.807) is 0 Å². The van der Waals surface area contributed by atoms with Crippen molar-refractivity contribution >= 4 is 28.3 Å². The van der Waals surface area contributed by atoms with Gasteiger partial charge in [-0.2, -0.15) is 0 Å². The average molecular weight is 248 g/mol. The number of halogens is 1. The van der Waals surface area contributed by atoms with Crippen molar-refractivity contribution in [3.8, 4) is 0 Å². The number of benzene rings is 1. The lowest BCUT2D eigenvalue weighted by molar-refractivity contribution is 0.0924. The number of ketones is 1. The number of hydrogen-bond donors (Lipinski definition) is 1. The molecule has 0 amide bonds. The van der Waals surface area contributed by atoms with Gasteiger partial charge in [-0.25, -0.2) is 0 Å². The maximum absolute atomic E-state index is 12.4. The molecule has 1 aliphatic rings. The number of carbonyl (C=O) groups excluding carboxylic acids is 1. The van der Waals surface area contributed by atoms with Gasteiger partial charge in [0, 0.05) is 33.6 Å². The highest BCUT2D eigenvalue weighted by Gasteiger charge is 2.25. The van der Waals surface area contributed by atoms with Crippen LogP contribution in [0.25, 0.3) is 10.9 Å². The monoisotopic (exact) mass is 247 g/mol. The van der Waals surface area contributed by atoms with Crippen LogP contribution in [-0.2, 0) is 0 Å². The number of Topliss-reactive ketones (excluding diaryl/α,β-unsaturated/α-hetero) is 1. The number of aromatic nitrogens is 1. The lowest BCUT2D eigenvalue weighted by atomic mass is 9.96. The Balaban J connectivity index is 2.02. The Hall–Kier alpha value is -1.28. The molecule has 0 aliphatic heterocycles. The van der Waals surface area contributed by atoms with E-state index < -0.39 is 0 Å². The molecule has 1 N–H and O–H groups in total. The smallest absolute Gasteiger partial charge is 0.168 e. The van der Waals surface area contributed by atoms with Gasteiger partial charge >= 0.3 is 0 Å². The molecule has 1 saturated carbocycles. The quantitative estimate of drug-likeness (QED) is 0.793. The molecular formula is C14H14ClNO. The number of H-pyrrole nitrogens is 1. The van der Waals surface area contributed by atoms with Gasteiger partial charge in [0.1, 0.15) is 0 Å². The Bertz CT molecular complexity index is 567. The Morgan fingerprint density at radius 3 is 2.82 bits per heavy atom. The summed E-state index contributed by atoms with van der Waals surface area (Å²) in [5.41, 5.74) is 1.77. The molecule has 17 heavy (non-hydrogen) atoms. The minimum Gasteiger partial charge on any atom is -0.360 e. The molecule has 1 fully saturated rings. The highest BCUT2D eigenvalue weighted by atomic mass is 35.5. The van der Waals surface area contributed by atoms with Gasteiger partial charge in [-0.3, -0.25) is 4.79 Å². The summed E-state index contributed by atoms with van der Waals surface area (Å²) >= 11 is 5.93. The average Bonchev–Trinajstić information content (AvgIpc) is 2.96. The Labute approximate surface area is 105 Å². The minimum absolute atomic E-state index is 0.227. The largest absolute Gasteiger partial charge is 0.360 e. The zero-order valence-corrected chi connectivity index (χ0v) is 10.3. The minimum atomic E-state index is 0.227. The van der Waals surface area contributed by atoms with E-state index in [0.29, 0.717) is 5.02 Å². The Morgan fingerprint density at radius 2 is 2.06 bits per heavy atom. The van der Waals surface area contributed by atoms with E-state index in [0.717, 1.165) is 29.3 Å². The van der Waals surface area contributed by atoms with Crippen LogP contribution in [0.2, 0.25) is 5.02 Å². The molecule has 0 radical (unpaired) electrons. The first-order valence-corrected chi connectivity index (χ1v) is 6.44. The molecule has 2 aromatic rings. The van der Waals surface area contributed by atoms with Gasteiger partial charge in [0.2, 0.25) is 0 Å². The van der Waals surface area contributed by atoms with Crippen LogP contribution in [0.3, 0.4) is 0 Å². The first kappa shape index (κ1) is 10.8. The van der Waals surface area contributed by atoms with E-state index in [4.69, 9.17) is 11.6 Å². The van der Waals surface area contributed by atoms with Crippen LogP contribution >= 0.6 is 11.6 Å². The predicted molar refractivity (Wildman–Crippen MR) is 69.6 cm³/mol. The molecule has 1 aromatic carbocycles. The summed E-state index contributed by atoms with van der Waals surface area (Å²) in [5.74, 6) is 0.515. The van der Waals surface area contributed by atoms with Crippen LogP contribution in [0.1, 0.15) is 36.0 Å². The third kappa shape index (κ3) is 1.87. The van der Waals surface area contributed by atoms with E-state index in [1.165, 1.54) is 12.8 Å². The number of fused-ring (bicyclic) bond motifs is 1. The summed E-state index contributed by atoms with van der Waals surface area (Å²) < 4.78 is 0. The van der Waals surface area contributed by atoms with E-state index in [1.807, 2.05) is 24.4 Å². The van der Waals surface area contributed by atoms with Crippen molar-refractivity contribution in [3.05, 3.63) is 35.0 Å². The molecule has 2 nitrogen and oxygen atoms in total. The molecule has 0 unspecified atom stereocenters. The first-order chi connectivity index (χ1) is 8.25. The SMILES string of the molecule is O=C(c1c[nH]c2cc(Cl)ccc12)C1CCCC1. The van der Waals surface area contributed by atoms with E-state index in [2.05, 4.69) is 4.98 Å². The maximum atomic E-state index is 12.4. The van der Waals surface area contributed by atoms with Crippen LogP contribution in [-0.4, -0.2) is 10.8 Å². The molecular weight excluding hydrogens is 234 g/mol. The second kappa shape index (κ2) is 4.19. The first-order valence-electron chi connectivity index (χ1n) is 6.06. The summed E-state index contributed by atoms with van der Waals surface area (Å²) in [6, 6.07) is 5.63. The van der Waals surface area contributed by atoms with Gasteiger partial charge in [0.05, 0.1) is 0 Å². The van der Waals surface area contributed by atoms with Crippen molar-refractivity contribution in [3.63, 3.8) is 0 Å². The lowest BCUT2D eigenvalue weighted by Crippen LogP contribution is -2.10. The highest BCUT2D eigenvalue weighted by Crippen LogP contribution is 2.31. The zero-order chi connectivity index (χ0) is 11.8. The fourth-order valence-electron chi connectivity index (χ4n) is 2.71. The normalized spacial score (nSPS) is 16.8. The molecule has 0 spiro atoms. The summed E-state index contributed by atoms with van der Waals surface area (Å²) in [6.45, 7) is 0. The van der Waals surface area contributed by atoms with Crippen molar-refractivity contribution in [2.24, 2.45) is 5.92 Å². The fourth-order valence-corrected chi connectivity index (χ4v) is 2.88. The number of aromatic amines is 1. The number of carbonyl (C=O) groups is 1. The second-order valence-corrected chi connectivity index (χ2v) is 5.17. The molecule has 0 bridgehead atoms. The topological polar surface area (TPSA) is 32.9 Å². The van der Waals surface area contributed by atoms with Crippen molar-refractivity contribution in [1.82, 2.24) is 4.98 Å². The molecule has 0 saturated heterocycles. The third-order valence-electron chi connectivity index (χ3n) is 3.64. The maximum Gasteiger partial charge on any atom is 0.168 e. The third-order valence-corrected chi connectivity index (χ3v) is 3.87. The van der Waals surface area contributed by atoms with Gasteiger partial charge < -0.3 is 4.98 Å². The second-order valence-electron chi connectivity index (χ2n) is 4.74. The summed E-state index contributed by atoms with van der Waals surface area (Å²) in [6.07, 6.45) is 6.27. The Kier molecular flexibility index (Phi) is 2.67. The zero-order valence-electron chi connectivity index (χ0n) is 9.50. The van der Waals surface area contributed by atoms with Crippen LogP contribution in [0.4, 0.5) is 0 Å². The number of rotatable bonds is 2. The highest BCUT2D eigenvalue weighted by molar-refractivity contribution is 6.31. The van der Waals surface area contributed by atoms with Crippen LogP contribution in [0.15, 0.2) is 24.4 Å². The van der Waals surface area contributed by atoms with Crippen LogP contribution in [0, 0.1) is 5.92 Å². The van der Waals surface area contributed by atoms with Crippen LogP contribution in [0.5, 0.6) is 0 Å².